The number of hydrogen-bond acceptors (Lipinski definition) is 5. The molecule has 0 aromatic heterocycles. The number of ether oxygens (including phenoxy) is 2. The molecule has 0 atom stereocenters. The van der Waals surface area contributed by atoms with Gasteiger partial charge in [0.25, 0.3) is 5.91 Å². The van der Waals surface area contributed by atoms with Crippen LogP contribution in [0, 0.1) is 0 Å². The largest absolute Gasteiger partial charge is 0.454 e. The van der Waals surface area contributed by atoms with Crippen LogP contribution in [0.2, 0.25) is 0 Å². The fourth-order valence-electron chi connectivity index (χ4n) is 1.30. The lowest BCUT2D eigenvalue weighted by Crippen LogP contribution is -2.39. The zero-order valence-electron chi connectivity index (χ0n) is 10.1. The Hall–Kier alpha value is -2.08. The van der Waals surface area contributed by atoms with Gasteiger partial charge in [0.2, 0.25) is 6.79 Å². The van der Waals surface area contributed by atoms with Gasteiger partial charge in [0.15, 0.2) is 11.5 Å². The number of rotatable bonds is 3. The lowest BCUT2D eigenvalue weighted by molar-refractivity contribution is -0.136. The molecule has 0 radical (unpaired) electrons. The van der Waals surface area contributed by atoms with Crippen LogP contribution in [0.1, 0.15) is 19.4 Å². The van der Waals surface area contributed by atoms with Crippen molar-refractivity contribution < 1.29 is 19.4 Å². The van der Waals surface area contributed by atoms with Crippen LogP contribution >= 0.6 is 0 Å². The smallest absolute Gasteiger partial charge is 0.271 e. The summed E-state index contributed by atoms with van der Waals surface area (Å²) in [5.41, 5.74) is 1.55. The van der Waals surface area contributed by atoms with E-state index in [9.17, 15) is 9.90 Å². The number of benzene rings is 1. The zero-order chi connectivity index (χ0) is 13.2. The maximum Gasteiger partial charge on any atom is 0.271 e. The van der Waals surface area contributed by atoms with Gasteiger partial charge in [0.05, 0.1) is 6.21 Å². The molecule has 0 spiro atoms. The number of aliphatic hydroxyl groups is 1. The fraction of sp³-hybridized carbons (Fsp3) is 0.333. The molecule has 0 aliphatic carbocycles. The minimum Gasteiger partial charge on any atom is -0.454 e. The Bertz CT molecular complexity index is 491. The molecule has 0 saturated heterocycles. The second kappa shape index (κ2) is 4.66. The van der Waals surface area contributed by atoms with E-state index in [1.54, 1.807) is 18.2 Å². The normalized spacial score (nSPS) is 13.9. The maximum absolute atomic E-state index is 11.3. The summed E-state index contributed by atoms with van der Waals surface area (Å²) in [6.45, 7) is 2.99. The van der Waals surface area contributed by atoms with Crippen LogP contribution < -0.4 is 14.9 Å². The summed E-state index contributed by atoms with van der Waals surface area (Å²) in [5, 5.41) is 13.1. The van der Waals surface area contributed by atoms with Crippen LogP contribution in [-0.2, 0) is 4.79 Å². The van der Waals surface area contributed by atoms with Crippen molar-refractivity contribution >= 4 is 12.1 Å². The molecule has 18 heavy (non-hydrogen) atoms. The van der Waals surface area contributed by atoms with Crippen LogP contribution in [0.4, 0.5) is 0 Å². The summed E-state index contributed by atoms with van der Waals surface area (Å²) >= 11 is 0. The molecule has 2 N–H and O–H groups in total. The minimum atomic E-state index is -1.45. The predicted molar refractivity (Wildman–Crippen MR) is 64.6 cm³/mol. The van der Waals surface area contributed by atoms with Crippen LogP contribution in [0.3, 0.4) is 0 Å². The molecular weight excluding hydrogens is 236 g/mol. The highest BCUT2D eigenvalue weighted by Gasteiger charge is 2.22. The Morgan fingerprint density at radius 1 is 1.44 bits per heavy atom. The van der Waals surface area contributed by atoms with Gasteiger partial charge in [-0.3, -0.25) is 4.79 Å². The monoisotopic (exact) mass is 250 g/mol. The van der Waals surface area contributed by atoms with E-state index in [-0.39, 0.29) is 6.79 Å². The molecule has 0 fully saturated rings. The summed E-state index contributed by atoms with van der Waals surface area (Å²) < 4.78 is 10.4. The van der Waals surface area contributed by atoms with E-state index in [0.29, 0.717) is 11.5 Å². The number of hydrogen-bond donors (Lipinski definition) is 2. The first-order valence-corrected chi connectivity index (χ1v) is 5.42. The van der Waals surface area contributed by atoms with Gasteiger partial charge in [-0.1, -0.05) is 0 Å². The van der Waals surface area contributed by atoms with Crippen LogP contribution in [0.5, 0.6) is 11.5 Å². The lowest BCUT2D eigenvalue weighted by atomic mass is 10.1. The second-order valence-corrected chi connectivity index (χ2v) is 4.37. The van der Waals surface area contributed by atoms with Gasteiger partial charge in [0.1, 0.15) is 5.60 Å². The molecule has 6 nitrogen and oxygen atoms in total. The van der Waals surface area contributed by atoms with Crippen molar-refractivity contribution in [2.45, 2.75) is 19.4 Å². The number of hydrazone groups is 1. The molecule has 1 aliphatic rings. The topological polar surface area (TPSA) is 80.2 Å². The van der Waals surface area contributed by atoms with E-state index in [0.717, 1.165) is 5.56 Å². The SMILES string of the molecule is CC(C)(O)C(=O)NN=Cc1ccc2c(c1)OCO2. The molecule has 0 bridgehead atoms. The zero-order valence-corrected chi connectivity index (χ0v) is 10.1. The van der Waals surface area contributed by atoms with E-state index in [4.69, 9.17) is 9.47 Å². The molecule has 1 aliphatic heterocycles. The van der Waals surface area contributed by atoms with E-state index >= 15 is 0 Å². The number of nitrogens with zero attached hydrogens (tertiary/aromatic N) is 1. The third-order valence-electron chi connectivity index (χ3n) is 2.33. The Labute approximate surface area is 104 Å². The van der Waals surface area contributed by atoms with Gasteiger partial charge in [-0.2, -0.15) is 5.10 Å². The van der Waals surface area contributed by atoms with Crippen LogP contribution in [0.25, 0.3) is 0 Å². The Morgan fingerprint density at radius 3 is 2.89 bits per heavy atom. The van der Waals surface area contributed by atoms with Gasteiger partial charge in [-0.25, -0.2) is 5.43 Å². The van der Waals surface area contributed by atoms with E-state index < -0.39 is 11.5 Å². The van der Waals surface area contributed by atoms with Crippen LogP contribution in [0.15, 0.2) is 23.3 Å². The van der Waals surface area contributed by atoms with Crippen LogP contribution in [-0.4, -0.2) is 29.6 Å². The van der Waals surface area contributed by atoms with E-state index in [1.165, 1.54) is 20.1 Å². The van der Waals surface area contributed by atoms with Gasteiger partial charge < -0.3 is 14.6 Å². The van der Waals surface area contributed by atoms with Crippen molar-refractivity contribution in [1.29, 1.82) is 0 Å². The maximum atomic E-state index is 11.3. The summed E-state index contributed by atoms with van der Waals surface area (Å²) in [5.74, 6) is 0.764. The number of fused-ring (bicyclic) bond motifs is 1. The van der Waals surface area contributed by atoms with Crippen molar-refractivity contribution in [3.63, 3.8) is 0 Å². The Kier molecular flexibility index (Phi) is 3.20. The first-order chi connectivity index (χ1) is 8.47. The summed E-state index contributed by atoms with van der Waals surface area (Å²) in [6, 6.07) is 5.30. The third kappa shape index (κ3) is 2.78. The van der Waals surface area contributed by atoms with Crippen molar-refractivity contribution in [3.05, 3.63) is 23.8 Å². The van der Waals surface area contributed by atoms with Crippen molar-refractivity contribution in [2.24, 2.45) is 5.10 Å². The first kappa shape index (κ1) is 12.4. The lowest BCUT2D eigenvalue weighted by Gasteiger charge is -2.13. The number of carbonyl (C=O) groups excluding carboxylic acids is 1. The molecular formula is C12H14N2O4. The predicted octanol–water partition coefficient (Wildman–Crippen LogP) is 0.636. The minimum absolute atomic E-state index is 0.214. The molecule has 96 valence electrons. The second-order valence-electron chi connectivity index (χ2n) is 4.37. The summed E-state index contributed by atoms with van der Waals surface area (Å²) in [4.78, 5) is 11.3. The third-order valence-corrected chi connectivity index (χ3v) is 2.33. The van der Waals surface area contributed by atoms with Crippen molar-refractivity contribution in [1.82, 2.24) is 5.43 Å². The van der Waals surface area contributed by atoms with Crippen molar-refractivity contribution in [3.8, 4) is 11.5 Å². The van der Waals surface area contributed by atoms with Gasteiger partial charge >= 0.3 is 0 Å². The highest BCUT2D eigenvalue weighted by atomic mass is 16.7. The van der Waals surface area contributed by atoms with Gasteiger partial charge in [0, 0.05) is 0 Å². The number of amides is 1. The van der Waals surface area contributed by atoms with E-state index in [1.807, 2.05) is 0 Å². The summed E-state index contributed by atoms with van der Waals surface area (Å²) in [6.07, 6.45) is 1.46. The molecule has 1 aromatic rings. The molecule has 0 unspecified atom stereocenters. The Balaban J connectivity index is 2.00. The highest BCUT2D eigenvalue weighted by Crippen LogP contribution is 2.31. The molecule has 1 heterocycles. The molecule has 1 aromatic carbocycles. The standard InChI is InChI=1S/C12H14N2O4/c1-12(2,16)11(15)14-13-6-8-3-4-9-10(5-8)18-7-17-9/h3-6,16H,7H2,1-2H3,(H,14,15). The highest BCUT2D eigenvalue weighted by molar-refractivity contribution is 5.86. The number of carbonyl (C=O) groups is 1. The van der Waals surface area contributed by atoms with E-state index in [2.05, 4.69) is 10.5 Å². The molecule has 0 saturated carbocycles. The average molecular weight is 250 g/mol. The number of nitrogens with one attached hydrogen (secondary N) is 1. The van der Waals surface area contributed by atoms with Crippen molar-refractivity contribution in [2.75, 3.05) is 6.79 Å². The molecule has 2 rings (SSSR count). The van der Waals surface area contributed by atoms with Gasteiger partial charge in [-0.15, -0.1) is 0 Å². The quantitative estimate of drug-likeness (QED) is 0.609. The van der Waals surface area contributed by atoms with Gasteiger partial charge in [-0.05, 0) is 37.6 Å². The Morgan fingerprint density at radius 2 is 2.17 bits per heavy atom. The first-order valence-electron chi connectivity index (χ1n) is 5.42. The molecule has 6 heteroatoms. The fourth-order valence-corrected chi connectivity index (χ4v) is 1.30. The molecule has 1 amide bonds. The summed E-state index contributed by atoms with van der Waals surface area (Å²) in [7, 11) is 0. The average Bonchev–Trinajstić information content (AvgIpc) is 2.74.